The summed E-state index contributed by atoms with van der Waals surface area (Å²) >= 11 is 5.56. The van der Waals surface area contributed by atoms with Gasteiger partial charge in [-0.25, -0.2) is 0 Å². The fourth-order valence-electron chi connectivity index (χ4n) is 1.15. The Labute approximate surface area is 89.3 Å². The maximum absolute atomic E-state index is 11.1. The number of Topliss-reactive ketones (excluding diaryl/α,β-unsaturated/α-hetero) is 1. The van der Waals surface area contributed by atoms with Gasteiger partial charge in [0.05, 0.1) is 0 Å². The van der Waals surface area contributed by atoms with Gasteiger partial charge >= 0.3 is 0 Å². The lowest BCUT2D eigenvalue weighted by atomic mass is 10.1. The van der Waals surface area contributed by atoms with E-state index >= 15 is 0 Å². The molecule has 0 heterocycles. The van der Waals surface area contributed by atoms with Crippen LogP contribution in [-0.4, -0.2) is 18.2 Å². The summed E-state index contributed by atoms with van der Waals surface area (Å²) < 4.78 is 0. The molecule has 0 bridgehead atoms. The maximum atomic E-state index is 11.1. The first-order valence-electron chi connectivity index (χ1n) is 4.65. The average Bonchev–Trinajstić information content (AvgIpc) is 2.19. The van der Waals surface area contributed by atoms with Gasteiger partial charge in [0.2, 0.25) is 0 Å². The molecular formula is C11H14ClNO. The van der Waals surface area contributed by atoms with E-state index in [2.05, 4.69) is 5.32 Å². The van der Waals surface area contributed by atoms with Crippen molar-refractivity contribution in [2.75, 3.05) is 17.7 Å². The van der Waals surface area contributed by atoms with Gasteiger partial charge in [-0.15, -0.1) is 11.6 Å². The van der Waals surface area contributed by atoms with E-state index in [-0.39, 0.29) is 5.78 Å². The Balaban J connectivity index is 2.59. The van der Waals surface area contributed by atoms with Gasteiger partial charge in [-0.2, -0.15) is 0 Å². The second kappa shape index (κ2) is 5.66. The smallest absolute Gasteiger partial charge is 0.159 e. The number of nitrogens with one attached hydrogen (secondary N) is 1. The summed E-state index contributed by atoms with van der Waals surface area (Å²) in [7, 11) is 0. The normalized spacial score (nSPS) is 9.86. The first kappa shape index (κ1) is 11.1. The molecule has 0 amide bonds. The molecule has 0 radical (unpaired) electrons. The first-order valence-corrected chi connectivity index (χ1v) is 5.18. The first-order chi connectivity index (χ1) is 6.74. The molecule has 1 N–H and O–H groups in total. The molecule has 0 spiro atoms. The number of anilines is 1. The molecule has 1 aromatic carbocycles. The number of alkyl halides is 1. The summed E-state index contributed by atoms with van der Waals surface area (Å²) in [4.78, 5) is 11.1. The minimum atomic E-state index is 0.0889. The van der Waals surface area contributed by atoms with Gasteiger partial charge in [0, 0.05) is 23.7 Å². The molecule has 0 aliphatic carbocycles. The molecule has 0 unspecified atom stereocenters. The third kappa shape index (κ3) is 3.38. The van der Waals surface area contributed by atoms with Gasteiger partial charge in [-0.3, -0.25) is 4.79 Å². The Morgan fingerprint density at radius 2 is 2.29 bits per heavy atom. The van der Waals surface area contributed by atoms with E-state index in [0.717, 1.165) is 24.2 Å². The molecule has 0 aliphatic heterocycles. The highest BCUT2D eigenvalue weighted by Crippen LogP contribution is 2.10. The Hall–Kier alpha value is -1.02. The van der Waals surface area contributed by atoms with Gasteiger partial charge in [-0.1, -0.05) is 12.1 Å². The molecule has 3 heteroatoms. The Kier molecular flexibility index (Phi) is 4.47. The zero-order valence-corrected chi connectivity index (χ0v) is 8.97. The highest BCUT2D eigenvalue weighted by atomic mass is 35.5. The van der Waals surface area contributed by atoms with Crippen molar-refractivity contribution in [3.8, 4) is 0 Å². The van der Waals surface area contributed by atoms with E-state index in [4.69, 9.17) is 11.6 Å². The van der Waals surface area contributed by atoms with Crippen molar-refractivity contribution in [1.29, 1.82) is 0 Å². The van der Waals surface area contributed by atoms with Crippen molar-refractivity contribution in [3.05, 3.63) is 29.8 Å². The molecule has 0 aliphatic rings. The van der Waals surface area contributed by atoms with Crippen LogP contribution in [0, 0.1) is 0 Å². The van der Waals surface area contributed by atoms with Gasteiger partial charge < -0.3 is 5.32 Å². The van der Waals surface area contributed by atoms with Crippen LogP contribution in [0.15, 0.2) is 24.3 Å². The predicted octanol–water partition coefficient (Wildman–Crippen LogP) is 2.93. The van der Waals surface area contributed by atoms with Crippen LogP contribution in [0.2, 0.25) is 0 Å². The number of carbonyl (C=O) groups is 1. The predicted molar refractivity (Wildman–Crippen MR) is 60.3 cm³/mol. The molecule has 0 saturated carbocycles. The van der Waals surface area contributed by atoms with Crippen LogP contribution >= 0.6 is 11.6 Å². The molecule has 14 heavy (non-hydrogen) atoms. The molecule has 0 aromatic heterocycles. The number of ketones is 1. The zero-order valence-electron chi connectivity index (χ0n) is 8.22. The molecule has 2 nitrogen and oxygen atoms in total. The quantitative estimate of drug-likeness (QED) is 0.461. The largest absolute Gasteiger partial charge is 0.385 e. The van der Waals surface area contributed by atoms with Crippen molar-refractivity contribution < 1.29 is 4.79 Å². The molecular weight excluding hydrogens is 198 g/mol. The van der Waals surface area contributed by atoms with Crippen molar-refractivity contribution in [2.24, 2.45) is 0 Å². The van der Waals surface area contributed by atoms with E-state index in [9.17, 15) is 4.79 Å². The second-order valence-corrected chi connectivity index (χ2v) is 3.48. The Bertz CT molecular complexity index is 312. The van der Waals surface area contributed by atoms with Gasteiger partial charge in [0.25, 0.3) is 0 Å². The SMILES string of the molecule is CC(=O)c1cccc(NCCCCl)c1. The number of carbonyl (C=O) groups excluding carboxylic acids is 1. The number of hydrogen-bond donors (Lipinski definition) is 1. The Morgan fingerprint density at radius 3 is 2.93 bits per heavy atom. The van der Waals surface area contributed by atoms with Crippen molar-refractivity contribution in [3.63, 3.8) is 0 Å². The van der Waals surface area contributed by atoms with Gasteiger partial charge in [0.1, 0.15) is 0 Å². The molecule has 0 saturated heterocycles. The van der Waals surface area contributed by atoms with Crippen LogP contribution < -0.4 is 5.32 Å². The molecule has 1 aromatic rings. The minimum absolute atomic E-state index is 0.0889. The monoisotopic (exact) mass is 211 g/mol. The fraction of sp³-hybridized carbons (Fsp3) is 0.364. The Morgan fingerprint density at radius 1 is 1.50 bits per heavy atom. The van der Waals surface area contributed by atoms with E-state index in [0.29, 0.717) is 5.88 Å². The van der Waals surface area contributed by atoms with Crippen LogP contribution in [0.3, 0.4) is 0 Å². The lowest BCUT2D eigenvalue weighted by Crippen LogP contribution is -2.02. The average molecular weight is 212 g/mol. The summed E-state index contributed by atoms with van der Waals surface area (Å²) in [5, 5.41) is 3.20. The summed E-state index contributed by atoms with van der Waals surface area (Å²) in [6.07, 6.45) is 0.922. The van der Waals surface area contributed by atoms with Crippen LogP contribution in [-0.2, 0) is 0 Å². The number of hydrogen-bond acceptors (Lipinski definition) is 2. The second-order valence-electron chi connectivity index (χ2n) is 3.11. The fourth-order valence-corrected chi connectivity index (χ4v) is 1.28. The van der Waals surface area contributed by atoms with Crippen LogP contribution in [0.5, 0.6) is 0 Å². The topological polar surface area (TPSA) is 29.1 Å². The van der Waals surface area contributed by atoms with E-state index in [1.54, 1.807) is 6.92 Å². The third-order valence-electron chi connectivity index (χ3n) is 1.91. The molecule has 0 atom stereocenters. The summed E-state index contributed by atoms with van der Waals surface area (Å²) in [6, 6.07) is 7.49. The highest BCUT2D eigenvalue weighted by molar-refractivity contribution is 6.17. The van der Waals surface area contributed by atoms with Crippen LogP contribution in [0.1, 0.15) is 23.7 Å². The van der Waals surface area contributed by atoms with Crippen LogP contribution in [0.25, 0.3) is 0 Å². The van der Waals surface area contributed by atoms with Crippen molar-refractivity contribution in [1.82, 2.24) is 0 Å². The van der Waals surface area contributed by atoms with Gasteiger partial charge in [0.15, 0.2) is 5.78 Å². The summed E-state index contributed by atoms with van der Waals surface area (Å²) in [5.74, 6) is 0.741. The zero-order chi connectivity index (χ0) is 10.4. The van der Waals surface area contributed by atoms with Gasteiger partial charge in [-0.05, 0) is 25.5 Å². The lowest BCUT2D eigenvalue weighted by molar-refractivity contribution is 0.101. The van der Waals surface area contributed by atoms with E-state index < -0.39 is 0 Å². The maximum Gasteiger partial charge on any atom is 0.159 e. The van der Waals surface area contributed by atoms with Crippen molar-refractivity contribution in [2.45, 2.75) is 13.3 Å². The van der Waals surface area contributed by atoms with Crippen LogP contribution in [0.4, 0.5) is 5.69 Å². The number of rotatable bonds is 5. The third-order valence-corrected chi connectivity index (χ3v) is 2.18. The van der Waals surface area contributed by atoms with E-state index in [1.807, 2.05) is 24.3 Å². The molecule has 76 valence electrons. The summed E-state index contributed by atoms with van der Waals surface area (Å²) in [6.45, 7) is 2.41. The standard InChI is InChI=1S/C11H14ClNO/c1-9(14)10-4-2-5-11(8-10)13-7-3-6-12/h2,4-5,8,13H,3,6-7H2,1H3. The number of halogens is 1. The number of benzene rings is 1. The molecule has 1 rings (SSSR count). The highest BCUT2D eigenvalue weighted by Gasteiger charge is 1.99. The minimum Gasteiger partial charge on any atom is -0.385 e. The summed E-state index contributed by atoms with van der Waals surface area (Å²) in [5.41, 5.74) is 1.71. The molecule has 0 fully saturated rings. The van der Waals surface area contributed by atoms with E-state index in [1.165, 1.54) is 0 Å². The lowest BCUT2D eigenvalue weighted by Gasteiger charge is -2.05. The van der Waals surface area contributed by atoms with Crippen molar-refractivity contribution >= 4 is 23.1 Å².